The average Bonchev–Trinajstić information content (AvgIpc) is 3.41. The van der Waals surface area contributed by atoms with Crippen LogP contribution in [0.4, 0.5) is 14.9 Å². The van der Waals surface area contributed by atoms with E-state index in [9.17, 15) is 14.0 Å². The van der Waals surface area contributed by atoms with Gasteiger partial charge in [0.1, 0.15) is 23.9 Å². The summed E-state index contributed by atoms with van der Waals surface area (Å²) in [5, 5.41) is 2.74. The number of hydrogen-bond acceptors (Lipinski definition) is 7. The maximum Gasteiger partial charge on any atom is 0.322 e. The second-order valence-corrected chi connectivity index (χ2v) is 10.1. The van der Waals surface area contributed by atoms with Crippen LogP contribution in [0.3, 0.4) is 0 Å². The zero-order chi connectivity index (χ0) is 29.9. The quantitative estimate of drug-likeness (QED) is 0.323. The molecule has 2 heterocycles. The summed E-state index contributed by atoms with van der Waals surface area (Å²) in [4.78, 5) is 32.5. The van der Waals surface area contributed by atoms with Crippen molar-refractivity contribution in [2.75, 3.05) is 72.0 Å². The molecule has 0 saturated carbocycles. The molecule has 0 unspecified atom stereocenters. The molecule has 0 radical (unpaired) electrons. The molecule has 10 nitrogen and oxygen atoms in total. The van der Waals surface area contributed by atoms with Crippen molar-refractivity contribution < 1.29 is 32.6 Å². The number of ether oxygens (including phenoxy) is 3. The largest absolute Gasteiger partial charge is 0.493 e. The van der Waals surface area contributed by atoms with Gasteiger partial charge in [-0.2, -0.15) is 0 Å². The van der Waals surface area contributed by atoms with Crippen molar-refractivity contribution in [1.29, 1.82) is 0 Å². The second kappa shape index (κ2) is 15.2. The summed E-state index contributed by atoms with van der Waals surface area (Å²) in [6.07, 6.45) is 0.551. The predicted molar refractivity (Wildman–Crippen MR) is 156 cm³/mol. The number of urea groups is 1. The average molecular weight is 583 g/mol. The van der Waals surface area contributed by atoms with Gasteiger partial charge < -0.3 is 33.7 Å². The Bertz CT molecular complexity index is 1330. The number of morpholine rings is 1. The number of hydrogen-bond donors (Lipinski definition) is 1. The number of anilines is 1. The summed E-state index contributed by atoms with van der Waals surface area (Å²) < 4.78 is 35.8. The first kappa shape index (κ1) is 30.9. The highest BCUT2D eigenvalue weighted by molar-refractivity contribution is 5.92. The molecular weight excluding hydrogens is 543 g/mol. The van der Waals surface area contributed by atoms with Gasteiger partial charge in [-0.3, -0.25) is 9.69 Å². The van der Waals surface area contributed by atoms with E-state index in [2.05, 4.69) is 10.2 Å². The molecule has 3 aromatic rings. The smallest absolute Gasteiger partial charge is 0.322 e. The number of halogens is 1. The van der Waals surface area contributed by atoms with Crippen molar-refractivity contribution in [3.63, 3.8) is 0 Å². The molecule has 3 amide bonds. The fourth-order valence-corrected chi connectivity index (χ4v) is 4.72. The minimum absolute atomic E-state index is 0.156. The first-order valence-corrected chi connectivity index (χ1v) is 14.0. The molecule has 0 aliphatic carbocycles. The van der Waals surface area contributed by atoms with Gasteiger partial charge in [0.2, 0.25) is 5.91 Å². The van der Waals surface area contributed by atoms with Crippen LogP contribution in [0.25, 0.3) is 0 Å². The van der Waals surface area contributed by atoms with E-state index in [1.807, 2.05) is 37.3 Å². The van der Waals surface area contributed by atoms with Gasteiger partial charge in [-0.15, -0.1) is 0 Å². The number of nitrogens with one attached hydrogen (secondary N) is 1. The summed E-state index contributed by atoms with van der Waals surface area (Å²) in [5.41, 5.74) is 1.29. The number of methoxy groups -OCH3 is 2. The molecule has 1 aliphatic heterocycles. The lowest BCUT2D eigenvalue weighted by Gasteiger charge is -2.31. The highest BCUT2D eigenvalue weighted by Gasteiger charge is 2.24. The van der Waals surface area contributed by atoms with Crippen molar-refractivity contribution in [3.8, 4) is 11.5 Å². The van der Waals surface area contributed by atoms with E-state index < -0.39 is 11.8 Å². The molecule has 42 heavy (non-hydrogen) atoms. The van der Waals surface area contributed by atoms with Crippen LogP contribution >= 0.6 is 0 Å². The third-order valence-electron chi connectivity index (χ3n) is 7.09. The number of amides is 3. The maximum atomic E-state index is 13.8. The Balaban J connectivity index is 1.50. The van der Waals surface area contributed by atoms with Crippen molar-refractivity contribution in [3.05, 3.63) is 77.5 Å². The number of benzene rings is 2. The molecule has 11 heteroatoms. The summed E-state index contributed by atoms with van der Waals surface area (Å²) >= 11 is 0. The number of carbonyl (C=O) groups excluding carboxylic acids is 2. The maximum absolute atomic E-state index is 13.8. The summed E-state index contributed by atoms with van der Waals surface area (Å²) in [7, 11) is 3.16. The first-order valence-electron chi connectivity index (χ1n) is 14.0. The van der Waals surface area contributed by atoms with E-state index in [1.165, 1.54) is 23.1 Å². The van der Waals surface area contributed by atoms with Gasteiger partial charge in [0, 0.05) is 38.4 Å². The Labute approximate surface area is 245 Å². The standard InChI is InChI=1S/C31H39FN4O6/c1-23-7-9-27(42-23)21-35(12-11-24-8-10-28(39-2)29(19-24)40-3)30(37)22-36(14-13-34-15-17-41-18-16-34)31(38)33-26-6-4-5-25(32)20-26/h4-10,19-20H,11-18,21-22H2,1-3H3,(H,33,38). The molecule has 0 bridgehead atoms. The molecule has 1 saturated heterocycles. The van der Waals surface area contributed by atoms with Crippen molar-refractivity contribution >= 4 is 17.6 Å². The van der Waals surface area contributed by atoms with Gasteiger partial charge in [-0.05, 0) is 61.4 Å². The fourth-order valence-electron chi connectivity index (χ4n) is 4.72. The second-order valence-electron chi connectivity index (χ2n) is 10.1. The summed E-state index contributed by atoms with van der Waals surface area (Å²) in [5.74, 6) is 1.94. The minimum Gasteiger partial charge on any atom is -0.493 e. The lowest BCUT2D eigenvalue weighted by Crippen LogP contribution is -2.48. The highest BCUT2D eigenvalue weighted by atomic mass is 19.1. The van der Waals surface area contributed by atoms with Crippen LogP contribution in [0, 0.1) is 12.7 Å². The third kappa shape index (κ3) is 8.95. The number of furan rings is 1. The zero-order valence-electron chi connectivity index (χ0n) is 24.4. The molecule has 0 atom stereocenters. The van der Waals surface area contributed by atoms with Crippen molar-refractivity contribution in [1.82, 2.24) is 14.7 Å². The number of aryl methyl sites for hydroxylation is 1. The van der Waals surface area contributed by atoms with Gasteiger partial charge >= 0.3 is 6.03 Å². The first-order chi connectivity index (χ1) is 20.3. The fraction of sp³-hybridized carbons (Fsp3) is 0.419. The van der Waals surface area contributed by atoms with Crippen LogP contribution in [0.15, 0.2) is 59.0 Å². The molecule has 1 aromatic heterocycles. The molecule has 1 fully saturated rings. The third-order valence-corrected chi connectivity index (χ3v) is 7.09. The Morgan fingerprint density at radius 2 is 1.76 bits per heavy atom. The molecular formula is C31H39FN4O6. The van der Waals surface area contributed by atoms with Gasteiger partial charge in [0.25, 0.3) is 0 Å². The number of carbonyl (C=O) groups is 2. The predicted octanol–water partition coefficient (Wildman–Crippen LogP) is 4.18. The molecule has 1 aliphatic rings. The molecule has 226 valence electrons. The van der Waals surface area contributed by atoms with Crippen LogP contribution in [0.2, 0.25) is 0 Å². The van der Waals surface area contributed by atoms with Crippen LogP contribution in [0.5, 0.6) is 11.5 Å². The van der Waals surface area contributed by atoms with E-state index in [1.54, 1.807) is 25.2 Å². The van der Waals surface area contributed by atoms with Crippen LogP contribution in [-0.2, 0) is 22.5 Å². The Morgan fingerprint density at radius 3 is 2.45 bits per heavy atom. The monoisotopic (exact) mass is 582 g/mol. The van der Waals surface area contributed by atoms with Crippen molar-refractivity contribution in [2.45, 2.75) is 19.9 Å². The van der Waals surface area contributed by atoms with E-state index >= 15 is 0 Å². The topological polar surface area (TPSA) is 96.7 Å². The molecule has 0 spiro atoms. The molecule has 2 aromatic carbocycles. The van der Waals surface area contributed by atoms with Crippen LogP contribution in [-0.4, -0.2) is 93.3 Å². The van der Waals surface area contributed by atoms with Crippen LogP contribution in [0.1, 0.15) is 17.1 Å². The van der Waals surface area contributed by atoms with Gasteiger partial charge in [-0.1, -0.05) is 12.1 Å². The van der Waals surface area contributed by atoms with E-state index in [0.717, 1.165) is 24.4 Å². The normalized spacial score (nSPS) is 13.4. The Hall–Kier alpha value is -4.09. The van der Waals surface area contributed by atoms with Crippen LogP contribution < -0.4 is 14.8 Å². The molecule has 1 N–H and O–H groups in total. The van der Waals surface area contributed by atoms with Gasteiger partial charge in [0.05, 0.1) is 34.0 Å². The summed E-state index contributed by atoms with van der Waals surface area (Å²) in [6, 6.07) is 14.6. The molecule has 4 rings (SSSR count). The highest BCUT2D eigenvalue weighted by Crippen LogP contribution is 2.28. The lowest BCUT2D eigenvalue weighted by molar-refractivity contribution is -0.132. The Kier molecular flexibility index (Phi) is 11.2. The zero-order valence-corrected chi connectivity index (χ0v) is 24.4. The SMILES string of the molecule is COc1ccc(CCN(Cc2ccc(C)o2)C(=O)CN(CCN2CCOCC2)C(=O)Nc2cccc(F)c2)cc1OC. The minimum atomic E-state index is -0.476. The van der Waals surface area contributed by atoms with E-state index in [-0.39, 0.29) is 19.0 Å². The van der Waals surface area contributed by atoms with Crippen molar-refractivity contribution in [2.24, 2.45) is 0 Å². The Morgan fingerprint density at radius 1 is 0.976 bits per heavy atom. The van der Waals surface area contributed by atoms with E-state index in [0.29, 0.717) is 62.2 Å². The number of nitrogens with zero attached hydrogens (tertiary/aromatic N) is 3. The van der Waals surface area contributed by atoms with E-state index in [4.69, 9.17) is 18.6 Å². The van der Waals surface area contributed by atoms with Gasteiger partial charge in [-0.25, -0.2) is 9.18 Å². The van der Waals surface area contributed by atoms with Gasteiger partial charge in [0.15, 0.2) is 11.5 Å². The number of rotatable bonds is 13. The lowest BCUT2D eigenvalue weighted by atomic mass is 10.1. The summed E-state index contributed by atoms with van der Waals surface area (Å²) in [6.45, 7) is 5.99.